The monoisotopic (exact) mass is 1060 g/mol. The minimum absolute atomic E-state index is 0.0350. The number of hydrogen-bond acceptors (Lipinski definition) is 8. The normalized spacial score (nSPS) is 13.9. The van der Waals surface area contributed by atoms with Crippen LogP contribution in [0.2, 0.25) is 0 Å². The number of likely N-dealkylation sites (N-methyl/N-ethyl adjacent to an activating group) is 1. The van der Waals surface area contributed by atoms with E-state index in [2.05, 4.69) is 98.9 Å². The number of quaternary nitrogens is 1. The second-order valence-electron chi connectivity index (χ2n) is 21.3. The molecule has 0 heterocycles. The quantitative estimate of drug-likeness (QED) is 0.0195. The molecule has 0 amide bonds. The molecule has 0 N–H and O–H groups in total. The van der Waals surface area contributed by atoms with Gasteiger partial charge in [-0.2, -0.15) is 0 Å². The summed E-state index contributed by atoms with van der Waals surface area (Å²) in [5, 5.41) is 0. The van der Waals surface area contributed by atoms with Gasteiger partial charge in [0.15, 0.2) is 6.10 Å². The summed E-state index contributed by atoms with van der Waals surface area (Å²) in [6.07, 6.45) is 73.4. The first-order valence-electron chi connectivity index (χ1n) is 30.3. The van der Waals surface area contributed by atoms with Gasteiger partial charge in [-0.1, -0.05) is 240 Å². The van der Waals surface area contributed by atoms with Gasteiger partial charge in [-0.25, -0.2) is 0 Å². The minimum atomic E-state index is -4.64. The maximum absolute atomic E-state index is 12.8. The van der Waals surface area contributed by atoms with E-state index in [1.54, 1.807) is 0 Å². The number of carbonyl (C=O) groups is 2. The zero-order chi connectivity index (χ0) is 54.2. The van der Waals surface area contributed by atoms with E-state index in [9.17, 15) is 19.0 Å². The van der Waals surface area contributed by atoms with E-state index in [1.165, 1.54) is 141 Å². The molecule has 0 aliphatic heterocycles. The lowest BCUT2D eigenvalue weighted by atomic mass is 10.0. The number of nitrogens with zero attached hydrogens (tertiary/aromatic N) is 1. The standard InChI is InChI=1S/C64H114NO8P/c1-6-8-10-12-14-16-18-20-22-24-26-28-29-30-31-32-33-34-35-37-39-41-43-45-47-49-51-53-55-57-64(67)73-62(61-72-74(68,69)71-59-58-65(3,4)5)60-70-63(66)56-54-52-50-48-46-44-42-40-38-36-27-25-23-21-19-17-15-13-11-9-7-2/h8,10,14,16,20,22,25-28,30-31,33-34,62H,6-7,9,11-13,15,17-19,21,23-24,29,32,35-61H2,1-5H3/b10-8-,16-14-,22-20-,27-25-,28-26-,31-30-,34-33-. The molecular weight excluding hydrogens is 942 g/mol. The van der Waals surface area contributed by atoms with Crippen molar-refractivity contribution in [3.05, 3.63) is 85.1 Å². The number of hydrogen-bond donors (Lipinski definition) is 0. The molecule has 0 aliphatic rings. The Bertz CT molecular complexity index is 1520. The molecule has 0 aliphatic carbocycles. The fourth-order valence-corrected chi connectivity index (χ4v) is 8.97. The van der Waals surface area contributed by atoms with Crippen LogP contribution in [0.1, 0.15) is 258 Å². The van der Waals surface area contributed by atoms with Crippen LogP contribution in [0.25, 0.3) is 0 Å². The lowest BCUT2D eigenvalue weighted by Gasteiger charge is -2.28. The van der Waals surface area contributed by atoms with Crippen molar-refractivity contribution in [1.29, 1.82) is 0 Å². The van der Waals surface area contributed by atoms with E-state index in [0.717, 1.165) is 83.5 Å². The second kappa shape index (κ2) is 55.0. The lowest BCUT2D eigenvalue weighted by Crippen LogP contribution is -2.37. The van der Waals surface area contributed by atoms with Crippen LogP contribution in [0.5, 0.6) is 0 Å². The molecule has 0 saturated carbocycles. The number of allylic oxidation sites excluding steroid dienone is 14. The van der Waals surface area contributed by atoms with E-state index in [1.807, 2.05) is 21.1 Å². The fraction of sp³-hybridized carbons (Fsp3) is 0.750. The minimum Gasteiger partial charge on any atom is -0.756 e. The highest BCUT2D eigenvalue weighted by Crippen LogP contribution is 2.38. The Balaban J connectivity index is 4.17. The topological polar surface area (TPSA) is 111 Å². The van der Waals surface area contributed by atoms with Gasteiger partial charge in [0.1, 0.15) is 19.8 Å². The lowest BCUT2D eigenvalue weighted by molar-refractivity contribution is -0.870. The van der Waals surface area contributed by atoms with Gasteiger partial charge in [0, 0.05) is 12.8 Å². The first-order chi connectivity index (χ1) is 36.0. The summed E-state index contributed by atoms with van der Waals surface area (Å²) in [6.45, 7) is 4.13. The molecule has 0 aromatic heterocycles. The molecule has 428 valence electrons. The zero-order valence-corrected chi connectivity index (χ0v) is 49.4. The highest BCUT2D eigenvalue weighted by molar-refractivity contribution is 7.45. The van der Waals surface area contributed by atoms with Gasteiger partial charge < -0.3 is 27.9 Å². The molecule has 74 heavy (non-hydrogen) atoms. The van der Waals surface area contributed by atoms with Crippen molar-refractivity contribution in [2.45, 2.75) is 264 Å². The number of esters is 2. The Hall–Kier alpha value is -2.81. The Labute approximate surface area is 456 Å². The smallest absolute Gasteiger partial charge is 0.306 e. The number of ether oxygens (including phenoxy) is 2. The molecule has 0 spiro atoms. The van der Waals surface area contributed by atoms with Crippen LogP contribution < -0.4 is 4.89 Å². The third-order valence-electron chi connectivity index (χ3n) is 12.9. The summed E-state index contributed by atoms with van der Waals surface area (Å²) >= 11 is 0. The molecule has 0 bridgehead atoms. The van der Waals surface area contributed by atoms with Crippen molar-refractivity contribution in [2.24, 2.45) is 0 Å². The fourth-order valence-electron chi connectivity index (χ4n) is 8.24. The van der Waals surface area contributed by atoms with Gasteiger partial charge in [0.2, 0.25) is 0 Å². The van der Waals surface area contributed by atoms with Crippen molar-refractivity contribution in [1.82, 2.24) is 0 Å². The van der Waals surface area contributed by atoms with Crippen LogP contribution in [0, 0.1) is 0 Å². The molecule has 0 aromatic rings. The number of phosphoric acid groups is 1. The first-order valence-corrected chi connectivity index (χ1v) is 31.8. The SMILES string of the molecule is CC/C=C\C/C=C\C/C=C\C/C=C\C/C=C\C/C=C\CCCCCCCCCCCCC(=O)OC(COC(=O)CCCCCCCCCCC/C=C\CCCCCCCCCC)COP(=O)([O-])OCC[N+](C)(C)C. The third kappa shape index (κ3) is 58.5. The molecule has 9 nitrogen and oxygen atoms in total. The summed E-state index contributed by atoms with van der Waals surface area (Å²) < 4.78 is 34.2. The largest absolute Gasteiger partial charge is 0.756 e. The molecule has 0 fully saturated rings. The highest BCUT2D eigenvalue weighted by Gasteiger charge is 2.22. The average Bonchev–Trinajstić information content (AvgIpc) is 3.36. The van der Waals surface area contributed by atoms with Crippen LogP contribution in [0.3, 0.4) is 0 Å². The molecule has 0 rings (SSSR count). The van der Waals surface area contributed by atoms with Crippen molar-refractivity contribution < 1.29 is 42.1 Å². The zero-order valence-electron chi connectivity index (χ0n) is 48.5. The molecule has 0 saturated heterocycles. The van der Waals surface area contributed by atoms with Crippen LogP contribution >= 0.6 is 7.82 Å². The van der Waals surface area contributed by atoms with Crippen LogP contribution in [0.4, 0.5) is 0 Å². The Kier molecular flexibility index (Phi) is 52.9. The van der Waals surface area contributed by atoms with Gasteiger partial charge in [-0.05, 0) is 89.9 Å². The molecule has 10 heteroatoms. The van der Waals surface area contributed by atoms with Gasteiger partial charge in [-0.15, -0.1) is 0 Å². The second-order valence-corrected chi connectivity index (χ2v) is 22.7. The summed E-state index contributed by atoms with van der Waals surface area (Å²) in [4.78, 5) is 37.9. The summed E-state index contributed by atoms with van der Waals surface area (Å²) in [5.74, 6) is -0.838. The van der Waals surface area contributed by atoms with E-state index in [4.69, 9.17) is 18.5 Å². The predicted octanol–water partition coefficient (Wildman–Crippen LogP) is 18.4. The number of unbranched alkanes of at least 4 members (excludes halogenated alkanes) is 27. The third-order valence-corrected chi connectivity index (χ3v) is 13.9. The van der Waals surface area contributed by atoms with Crippen molar-refractivity contribution in [3.63, 3.8) is 0 Å². The van der Waals surface area contributed by atoms with E-state index in [-0.39, 0.29) is 32.0 Å². The maximum atomic E-state index is 12.8. The Morgan fingerprint density at radius 3 is 1.16 bits per heavy atom. The first kappa shape index (κ1) is 71.2. The summed E-state index contributed by atoms with van der Waals surface area (Å²) in [6, 6.07) is 0. The van der Waals surface area contributed by atoms with Crippen molar-refractivity contribution in [2.75, 3.05) is 47.5 Å². The average molecular weight is 1060 g/mol. The number of rotatable bonds is 55. The van der Waals surface area contributed by atoms with Crippen LogP contribution in [0.15, 0.2) is 85.1 Å². The van der Waals surface area contributed by atoms with Crippen LogP contribution in [-0.2, 0) is 32.7 Å². The van der Waals surface area contributed by atoms with Crippen molar-refractivity contribution in [3.8, 4) is 0 Å². The summed E-state index contributed by atoms with van der Waals surface area (Å²) in [5.41, 5.74) is 0. The van der Waals surface area contributed by atoms with E-state index in [0.29, 0.717) is 17.4 Å². The van der Waals surface area contributed by atoms with E-state index < -0.39 is 26.5 Å². The number of phosphoric ester groups is 1. The summed E-state index contributed by atoms with van der Waals surface area (Å²) in [7, 11) is 1.16. The highest BCUT2D eigenvalue weighted by atomic mass is 31.2. The Morgan fingerprint density at radius 2 is 0.770 bits per heavy atom. The molecule has 0 radical (unpaired) electrons. The van der Waals surface area contributed by atoms with Gasteiger partial charge in [-0.3, -0.25) is 14.2 Å². The van der Waals surface area contributed by atoms with Crippen LogP contribution in [-0.4, -0.2) is 70.0 Å². The molecule has 2 atom stereocenters. The molecular formula is C64H114NO8P. The molecule has 0 aromatic carbocycles. The van der Waals surface area contributed by atoms with Crippen molar-refractivity contribution >= 4 is 19.8 Å². The molecule has 2 unspecified atom stereocenters. The van der Waals surface area contributed by atoms with E-state index >= 15 is 0 Å². The van der Waals surface area contributed by atoms with Gasteiger partial charge in [0.05, 0.1) is 27.7 Å². The van der Waals surface area contributed by atoms with Gasteiger partial charge >= 0.3 is 11.9 Å². The maximum Gasteiger partial charge on any atom is 0.306 e. The predicted molar refractivity (Wildman–Crippen MR) is 314 cm³/mol. The Morgan fingerprint density at radius 1 is 0.432 bits per heavy atom. The van der Waals surface area contributed by atoms with Gasteiger partial charge in [0.25, 0.3) is 7.82 Å². The number of carbonyl (C=O) groups excluding carboxylic acids is 2.